The topological polar surface area (TPSA) is 133 Å². The zero-order chi connectivity index (χ0) is 24.2. The first-order valence-electron chi connectivity index (χ1n) is 10.6. The third-order valence-electron chi connectivity index (χ3n) is 5.63. The van der Waals surface area contributed by atoms with Crippen molar-refractivity contribution in [1.82, 2.24) is 25.0 Å². The van der Waals surface area contributed by atoms with Gasteiger partial charge in [0.1, 0.15) is 11.3 Å². The minimum absolute atomic E-state index is 0.0598. The molecule has 4 rings (SSSR count). The molecule has 34 heavy (non-hydrogen) atoms. The zero-order valence-electron chi connectivity index (χ0n) is 18.9. The van der Waals surface area contributed by atoms with E-state index in [-0.39, 0.29) is 23.1 Å². The summed E-state index contributed by atoms with van der Waals surface area (Å²) in [6, 6.07) is 6.85. The lowest BCUT2D eigenvalue weighted by atomic mass is 9.81. The summed E-state index contributed by atoms with van der Waals surface area (Å²) in [5.74, 6) is 0.185. The summed E-state index contributed by atoms with van der Waals surface area (Å²) in [5.41, 5.74) is 1.97. The number of hydrogen-bond donors (Lipinski definition) is 2. The maximum absolute atomic E-state index is 12.5. The molecule has 1 aliphatic carbocycles. The van der Waals surface area contributed by atoms with Gasteiger partial charge in [-0.25, -0.2) is 14.5 Å². The van der Waals surface area contributed by atoms with Crippen LogP contribution in [0.4, 0.5) is 16.3 Å². The van der Waals surface area contributed by atoms with Crippen LogP contribution in [0.1, 0.15) is 31.4 Å². The first-order chi connectivity index (χ1) is 16.4. The summed E-state index contributed by atoms with van der Waals surface area (Å²) in [6.45, 7) is 1.69. The summed E-state index contributed by atoms with van der Waals surface area (Å²) >= 11 is 6.07. The number of methoxy groups -OCH3 is 1. The highest BCUT2D eigenvalue weighted by Crippen LogP contribution is 2.31. The maximum Gasteiger partial charge on any atom is 0.413 e. The Labute approximate surface area is 200 Å². The first kappa shape index (κ1) is 23.6. The number of nitrogens with zero attached hydrogens (tertiary/aromatic N) is 5. The highest BCUT2D eigenvalue weighted by Gasteiger charge is 2.34. The van der Waals surface area contributed by atoms with Crippen LogP contribution in [0.3, 0.4) is 0 Å². The van der Waals surface area contributed by atoms with Crippen LogP contribution < -0.4 is 10.6 Å². The highest BCUT2D eigenvalue weighted by molar-refractivity contribution is 6.30. The number of carbonyl (C=O) groups is 2. The van der Waals surface area contributed by atoms with Gasteiger partial charge in [-0.05, 0) is 38.0 Å². The Morgan fingerprint density at radius 1 is 1.21 bits per heavy atom. The van der Waals surface area contributed by atoms with Crippen LogP contribution in [0.2, 0.25) is 5.15 Å². The van der Waals surface area contributed by atoms with E-state index >= 15 is 0 Å². The minimum atomic E-state index is -0.710. The Hall–Kier alpha value is -3.57. The van der Waals surface area contributed by atoms with E-state index in [1.807, 2.05) is 0 Å². The van der Waals surface area contributed by atoms with Gasteiger partial charge in [-0.2, -0.15) is 0 Å². The Bertz CT molecular complexity index is 1180. The molecule has 3 aromatic rings. The van der Waals surface area contributed by atoms with Crippen molar-refractivity contribution in [3.05, 3.63) is 47.4 Å². The number of anilines is 2. The van der Waals surface area contributed by atoms with Crippen molar-refractivity contribution in [2.45, 2.75) is 32.0 Å². The normalized spacial score (nSPS) is 18.0. The van der Waals surface area contributed by atoms with Gasteiger partial charge in [0.15, 0.2) is 11.5 Å². The van der Waals surface area contributed by atoms with Gasteiger partial charge in [-0.3, -0.25) is 15.1 Å². The van der Waals surface area contributed by atoms with E-state index in [1.54, 1.807) is 51.5 Å². The lowest BCUT2D eigenvalue weighted by Gasteiger charge is -2.32. The number of nitrogens with one attached hydrogen (secondary N) is 2. The van der Waals surface area contributed by atoms with E-state index in [0.29, 0.717) is 41.3 Å². The molecule has 12 heteroatoms. The van der Waals surface area contributed by atoms with Crippen molar-refractivity contribution in [3.8, 4) is 11.4 Å². The predicted molar refractivity (Wildman–Crippen MR) is 124 cm³/mol. The van der Waals surface area contributed by atoms with Gasteiger partial charge in [0.05, 0.1) is 23.7 Å². The number of rotatable bonds is 7. The molecule has 3 aromatic heterocycles. The summed E-state index contributed by atoms with van der Waals surface area (Å²) < 4.78 is 12.1. The van der Waals surface area contributed by atoms with Crippen LogP contribution in [0, 0.1) is 5.92 Å². The molecule has 178 valence electrons. The standard InChI is InChI=1S/C22H24ClN7O4/c1-12(16-5-4-8-24-19(16)23)34-22(32)27-20-18(28-29-30(20)2)17-7-6-14(11-25-17)26-21(31)13-9-15(10-13)33-3/h4-8,11-13,15H,9-10H2,1-3H3,(H,26,31)(H,27,32)/t12-,13-,15+/m1/s1. The van der Waals surface area contributed by atoms with Gasteiger partial charge >= 0.3 is 6.09 Å². The first-order valence-corrected chi connectivity index (χ1v) is 11.0. The lowest BCUT2D eigenvalue weighted by molar-refractivity contribution is -0.127. The average molecular weight is 486 g/mol. The second-order valence-electron chi connectivity index (χ2n) is 7.91. The molecule has 0 saturated heterocycles. The molecule has 0 spiro atoms. The van der Waals surface area contributed by atoms with Crippen LogP contribution in [0.25, 0.3) is 11.4 Å². The minimum Gasteiger partial charge on any atom is -0.441 e. The van der Waals surface area contributed by atoms with E-state index in [2.05, 4.69) is 30.9 Å². The molecular formula is C22H24ClN7O4. The van der Waals surface area contributed by atoms with Gasteiger partial charge in [-0.15, -0.1) is 5.10 Å². The molecule has 1 atom stereocenters. The summed E-state index contributed by atoms with van der Waals surface area (Å²) in [6.07, 6.45) is 3.33. The van der Waals surface area contributed by atoms with E-state index in [9.17, 15) is 9.59 Å². The molecule has 1 saturated carbocycles. The SMILES string of the molecule is CO[C@H]1C[C@@H](C(=O)Nc2ccc(-c3nnn(C)c3NC(=O)O[C@H](C)c3cccnc3Cl)nc2)C1. The van der Waals surface area contributed by atoms with Gasteiger partial charge in [-0.1, -0.05) is 22.9 Å². The number of hydrogen-bond acceptors (Lipinski definition) is 8. The predicted octanol–water partition coefficient (Wildman–Crippen LogP) is 3.60. The summed E-state index contributed by atoms with van der Waals surface area (Å²) in [5, 5.41) is 13.8. The fraction of sp³-hybridized carbons (Fsp3) is 0.364. The Morgan fingerprint density at radius 2 is 2.00 bits per heavy atom. The smallest absolute Gasteiger partial charge is 0.413 e. The second-order valence-corrected chi connectivity index (χ2v) is 8.27. The second kappa shape index (κ2) is 10.1. The molecule has 1 fully saturated rings. The van der Waals surface area contributed by atoms with Gasteiger partial charge in [0, 0.05) is 31.8 Å². The fourth-order valence-corrected chi connectivity index (χ4v) is 3.82. The monoisotopic (exact) mass is 485 g/mol. The number of aromatic nitrogens is 5. The maximum atomic E-state index is 12.5. The van der Waals surface area contributed by atoms with Crippen LogP contribution in [-0.2, 0) is 21.3 Å². The summed E-state index contributed by atoms with van der Waals surface area (Å²) in [7, 11) is 3.28. The average Bonchev–Trinajstić information content (AvgIpc) is 3.13. The lowest BCUT2D eigenvalue weighted by Crippen LogP contribution is -2.38. The Balaban J connectivity index is 1.40. The molecule has 1 aliphatic rings. The number of pyridine rings is 2. The van der Waals surface area contributed by atoms with Crippen molar-refractivity contribution >= 4 is 35.1 Å². The van der Waals surface area contributed by atoms with Crippen LogP contribution in [0.15, 0.2) is 36.7 Å². The van der Waals surface area contributed by atoms with Gasteiger partial charge < -0.3 is 14.8 Å². The number of carbonyl (C=O) groups excluding carboxylic acids is 2. The van der Waals surface area contributed by atoms with Crippen molar-refractivity contribution in [3.63, 3.8) is 0 Å². The largest absolute Gasteiger partial charge is 0.441 e. The van der Waals surface area contributed by atoms with Gasteiger partial charge in [0.25, 0.3) is 0 Å². The van der Waals surface area contributed by atoms with Crippen molar-refractivity contribution in [2.75, 3.05) is 17.7 Å². The molecule has 2 amide bonds. The quantitative estimate of drug-likeness (QED) is 0.485. The molecule has 11 nitrogen and oxygen atoms in total. The molecular weight excluding hydrogens is 462 g/mol. The van der Waals surface area contributed by atoms with E-state index in [4.69, 9.17) is 21.1 Å². The van der Waals surface area contributed by atoms with Crippen LogP contribution >= 0.6 is 11.6 Å². The fourth-order valence-electron chi connectivity index (χ4n) is 3.55. The number of halogens is 1. The number of ether oxygens (including phenoxy) is 2. The molecule has 3 heterocycles. The summed E-state index contributed by atoms with van der Waals surface area (Å²) in [4.78, 5) is 33.2. The number of amides is 2. The van der Waals surface area contributed by atoms with E-state index in [1.165, 1.54) is 10.9 Å². The van der Waals surface area contributed by atoms with Crippen molar-refractivity contribution in [2.24, 2.45) is 13.0 Å². The Morgan fingerprint density at radius 3 is 2.68 bits per heavy atom. The third-order valence-corrected chi connectivity index (χ3v) is 5.95. The Kier molecular flexibility index (Phi) is 7.03. The molecule has 0 bridgehead atoms. The zero-order valence-corrected chi connectivity index (χ0v) is 19.6. The molecule has 0 unspecified atom stereocenters. The highest BCUT2D eigenvalue weighted by atomic mass is 35.5. The molecule has 2 N–H and O–H groups in total. The molecule has 0 aliphatic heterocycles. The third kappa shape index (κ3) is 5.15. The van der Waals surface area contributed by atoms with E-state index < -0.39 is 12.2 Å². The van der Waals surface area contributed by atoms with Gasteiger partial charge in [0.2, 0.25) is 5.91 Å². The van der Waals surface area contributed by atoms with Crippen LogP contribution in [-0.4, -0.2) is 50.2 Å². The molecule has 0 radical (unpaired) electrons. The van der Waals surface area contributed by atoms with Crippen molar-refractivity contribution in [1.29, 1.82) is 0 Å². The molecule has 0 aromatic carbocycles. The van der Waals surface area contributed by atoms with E-state index in [0.717, 1.165) is 0 Å². The number of aryl methyl sites for hydroxylation is 1. The van der Waals surface area contributed by atoms with Crippen molar-refractivity contribution < 1.29 is 19.1 Å². The van der Waals surface area contributed by atoms with Crippen LogP contribution in [0.5, 0.6) is 0 Å².